The lowest BCUT2D eigenvalue weighted by Gasteiger charge is -2.18. The summed E-state index contributed by atoms with van der Waals surface area (Å²) in [5.41, 5.74) is 3.50. The molecule has 1 heterocycles. The Hall–Kier alpha value is -2.83. The zero-order valence-corrected chi connectivity index (χ0v) is 18.0. The Labute approximate surface area is 177 Å². The molecule has 0 saturated carbocycles. The van der Waals surface area contributed by atoms with Crippen LogP contribution in [0.15, 0.2) is 48.5 Å². The molecule has 30 heavy (non-hydrogen) atoms. The molecule has 0 saturated heterocycles. The fourth-order valence-corrected chi connectivity index (χ4v) is 3.53. The van der Waals surface area contributed by atoms with Crippen LogP contribution in [0.25, 0.3) is 10.9 Å². The number of rotatable bonds is 9. The standard InChI is InChI=1S/C24H30N2O4/c1-5-29-24(28)23-17(3)26(4)22-12-11-20(13-21(22)23)30-15-19(27)14-25-16(2)18-9-7-6-8-10-18/h6-13,16,19,25,27H,5,14-15H2,1-4H3/t16-,19-/m1/s1. The minimum Gasteiger partial charge on any atom is -0.491 e. The van der Waals surface area contributed by atoms with Gasteiger partial charge in [-0.05, 0) is 44.5 Å². The van der Waals surface area contributed by atoms with Gasteiger partial charge in [0, 0.05) is 36.2 Å². The van der Waals surface area contributed by atoms with Crippen molar-refractivity contribution in [2.75, 3.05) is 19.8 Å². The van der Waals surface area contributed by atoms with Gasteiger partial charge in [-0.3, -0.25) is 0 Å². The van der Waals surface area contributed by atoms with Gasteiger partial charge in [0.25, 0.3) is 0 Å². The molecule has 0 aliphatic heterocycles. The minimum atomic E-state index is -0.658. The second-order valence-electron chi connectivity index (χ2n) is 7.42. The number of hydrogen-bond donors (Lipinski definition) is 2. The van der Waals surface area contributed by atoms with Gasteiger partial charge in [0.1, 0.15) is 18.5 Å². The molecule has 0 bridgehead atoms. The molecule has 160 valence electrons. The van der Waals surface area contributed by atoms with Gasteiger partial charge >= 0.3 is 5.97 Å². The van der Waals surface area contributed by atoms with E-state index in [0.29, 0.717) is 24.5 Å². The Morgan fingerprint density at radius 3 is 2.63 bits per heavy atom. The van der Waals surface area contributed by atoms with Crippen LogP contribution in [0.5, 0.6) is 5.75 Å². The summed E-state index contributed by atoms with van der Waals surface area (Å²) in [7, 11) is 1.92. The summed E-state index contributed by atoms with van der Waals surface area (Å²) in [5, 5.41) is 14.4. The highest BCUT2D eigenvalue weighted by Gasteiger charge is 2.20. The molecule has 1 aromatic heterocycles. The van der Waals surface area contributed by atoms with E-state index in [1.807, 2.05) is 54.9 Å². The average Bonchev–Trinajstić information content (AvgIpc) is 3.01. The van der Waals surface area contributed by atoms with Crippen molar-refractivity contribution in [3.63, 3.8) is 0 Å². The number of benzene rings is 2. The predicted octanol–water partition coefficient (Wildman–Crippen LogP) is 3.75. The lowest BCUT2D eigenvalue weighted by atomic mass is 10.1. The maximum Gasteiger partial charge on any atom is 0.340 e. The number of fused-ring (bicyclic) bond motifs is 1. The second kappa shape index (κ2) is 9.78. The SMILES string of the molecule is CCOC(=O)c1c(C)n(C)c2ccc(OC[C@H](O)CN[C@H](C)c3ccccc3)cc12. The smallest absolute Gasteiger partial charge is 0.340 e. The van der Waals surface area contributed by atoms with Gasteiger partial charge in [0.05, 0.1) is 12.2 Å². The van der Waals surface area contributed by atoms with Gasteiger partial charge in [-0.25, -0.2) is 4.79 Å². The van der Waals surface area contributed by atoms with Crippen molar-refractivity contribution in [2.45, 2.75) is 32.9 Å². The number of nitrogens with zero attached hydrogens (tertiary/aromatic N) is 1. The van der Waals surface area contributed by atoms with E-state index in [1.165, 1.54) is 5.56 Å². The van der Waals surface area contributed by atoms with Gasteiger partial charge < -0.3 is 24.5 Å². The fraction of sp³-hybridized carbons (Fsp3) is 0.375. The molecule has 0 aliphatic rings. The third kappa shape index (κ3) is 4.83. The van der Waals surface area contributed by atoms with Crippen molar-refractivity contribution < 1.29 is 19.4 Å². The number of aliphatic hydroxyl groups excluding tert-OH is 1. The number of ether oxygens (including phenoxy) is 2. The predicted molar refractivity (Wildman–Crippen MR) is 118 cm³/mol. The second-order valence-corrected chi connectivity index (χ2v) is 7.42. The summed E-state index contributed by atoms with van der Waals surface area (Å²) in [5.74, 6) is 0.269. The molecule has 6 nitrogen and oxygen atoms in total. The first-order valence-corrected chi connectivity index (χ1v) is 10.3. The van der Waals surface area contributed by atoms with E-state index in [1.54, 1.807) is 6.92 Å². The summed E-state index contributed by atoms with van der Waals surface area (Å²) in [6, 6.07) is 15.8. The van der Waals surface area contributed by atoms with Crippen molar-refractivity contribution in [2.24, 2.45) is 7.05 Å². The lowest BCUT2D eigenvalue weighted by Crippen LogP contribution is -2.33. The van der Waals surface area contributed by atoms with Crippen LogP contribution in [-0.4, -0.2) is 41.5 Å². The average molecular weight is 411 g/mol. The molecular weight excluding hydrogens is 380 g/mol. The van der Waals surface area contributed by atoms with Crippen LogP contribution >= 0.6 is 0 Å². The Bertz CT molecular complexity index is 997. The first-order valence-electron chi connectivity index (χ1n) is 10.3. The number of aryl methyl sites for hydroxylation is 1. The Morgan fingerprint density at radius 2 is 1.93 bits per heavy atom. The van der Waals surface area contributed by atoms with E-state index in [9.17, 15) is 9.90 Å². The summed E-state index contributed by atoms with van der Waals surface area (Å²) in [6.07, 6.45) is -0.658. The third-order valence-corrected chi connectivity index (χ3v) is 5.34. The molecule has 0 amide bonds. The molecule has 0 aliphatic carbocycles. The van der Waals surface area contributed by atoms with Crippen LogP contribution in [-0.2, 0) is 11.8 Å². The lowest BCUT2D eigenvalue weighted by molar-refractivity contribution is 0.0527. The van der Waals surface area contributed by atoms with E-state index >= 15 is 0 Å². The van der Waals surface area contributed by atoms with E-state index in [4.69, 9.17) is 9.47 Å². The molecule has 2 N–H and O–H groups in total. The molecule has 2 aromatic carbocycles. The van der Waals surface area contributed by atoms with Crippen LogP contribution < -0.4 is 10.1 Å². The van der Waals surface area contributed by atoms with Crippen LogP contribution in [0.3, 0.4) is 0 Å². The van der Waals surface area contributed by atoms with Crippen LogP contribution in [0.2, 0.25) is 0 Å². The number of hydrogen-bond acceptors (Lipinski definition) is 5. The first kappa shape index (κ1) is 21.9. The van der Waals surface area contributed by atoms with Crippen molar-refractivity contribution >= 4 is 16.9 Å². The number of esters is 1. The zero-order valence-electron chi connectivity index (χ0n) is 18.0. The normalized spacial score (nSPS) is 13.2. The summed E-state index contributed by atoms with van der Waals surface area (Å²) in [4.78, 5) is 12.4. The van der Waals surface area contributed by atoms with Crippen molar-refractivity contribution in [3.05, 3.63) is 65.4 Å². The Kier molecular flexibility index (Phi) is 7.13. The number of carbonyl (C=O) groups is 1. The van der Waals surface area contributed by atoms with Crippen molar-refractivity contribution in [1.82, 2.24) is 9.88 Å². The van der Waals surface area contributed by atoms with E-state index in [2.05, 4.69) is 24.4 Å². The first-order chi connectivity index (χ1) is 14.4. The highest BCUT2D eigenvalue weighted by atomic mass is 16.5. The molecule has 6 heteroatoms. The largest absolute Gasteiger partial charge is 0.491 e. The molecule has 3 rings (SSSR count). The fourth-order valence-electron chi connectivity index (χ4n) is 3.53. The van der Waals surface area contributed by atoms with Crippen LogP contribution in [0.4, 0.5) is 0 Å². The number of aromatic nitrogens is 1. The monoisotopic (exact) mass is 410 g/mol. The summed E-state index contributed by atoms with van der Waals surface area (Å²) in [6.45, 7) is 6.64. The summed E-state index contributed by atoms with van der Waals surface area (Å²) >= 11 is 0. The van der Waals surface area contributed by atoms with Gasteiger partial charge in [0.15, 0.2) is 0 Å². The molecule has 0 unspecified atom stereocenters. The highest BCUT2D eigenvalue weighted by Crippen LogP contribution is 2.29. The molecule has 0 spiro atoms. The molecular formula is C24H30N2O4. The van der Waals surface area contributed by atoms with Gasteiger partial charge in [-0.1, -0.05) is 30.3 Å². The van der Waals surface area contributed by atoms with E-state index in [-0.39, 0.29) is 18.6 Å². The van der Waals surface area contributed by atoms with Gasteiger partial charge in [-0.2, -0.15) is 0 Å². The Morgan fingerprint density at radius 1 is 1.20 bits per heavy atom. The third-order valence-electron chi connectivity index (χ3n) is 5.34. The maximum atomic E-state index is 12.4. The van der Waals surface area contributed by atoms with E-state index in [0.717, 1.165) is 16.6 Å². The minimum absolute atomic E-state index is 0.136. The van der Waals surface area contributed by atoms with Crippen molar-refractivity contribution in [3.8, 4) is 5.75 Å². The zero-order chi connectivity index (χ0) is 21.7. The maximum absolute atomic E-state index is 12.4. The van der Waals surface area contributed by atoms with Crippen molar-refractivity contribution in [1.29, 1.82) is 0 Å². The van der Waals surface area contributed by atoms with Crippen LogP contribution in [0, 0.1) is 6.92 Å². The molecule has 3 aromatic rings. The molecule has 0 fully saturated rings. The number of carbonyl (C=O) groups excluding carboxylic acids is 1. The highest BCUT2D eigenvalue weighted by molar-refractivity contribution is 6.06. The van der Waals surface area contributed by atoms with E-state index < -0.39 is 6.10 Å². The Balaban J connectivity index is 1.64. The quantitative estimate of drug-likeness (QED) is 0.526. The van der Waals surface area contributed by atoms with Gasteiger partial charge in [0.2, 0.25) is 0 Å². The number of aliphatic hydroxyl groups is 1. The van der Waals surface area contributed by atoms with Gasteiger partial charge in [-0.15, -0.1) is 0 Å². The molecule has 0 radical (unpaired) electrons. The topological polar surface area (TPSA) is 72.7 Å². The number of nitrogens with one attached hydrogen (secondary N) is 1. The molecule has 2 atom stereocenters. The van der Waals surface area contributed by atoms with Crippen LogP contribution in [0.1, 0.15) is 41.5 Å². The summed E-state index contributed by atoms with van der Waals surface area (Å²) < 4.78 is 13.0.